The average molecular weight is 352 g/mol. The number of nitrogens with zero attached hydrogens (tertiary/aromatic N) is 2. The first-order valence-corrected chi connectivity index (χ1v) is 8.51. The summed E-state index contributed by atoms with van der Waals surface area (Å²) in [6, 6.07) is 12.5. The minimum absolute atomic E-state index is 0.118. The van der Waals surface area contributed by atoms with Crippen LogP contribution in [0.1, 0.15) is 21.6 Å². The molecule has 1 aromatic carbocycles. The van der Waals surface area contributed by atoms with Crippen molar-refractivity contribution in [1.29, 1.82) is 0 Å². The highest BCUT2D eigenvalue weighted by atomic mass is 32.1. The molecule has 0 saturated carbocycles. The third-order valence-corrected chi connectivity index (χ3v) is 4.14. The normalized spacial score (nSPS) is 10.3. The Hall–Kier alpha value is -3.06. The molecule has 0 unspecified atom stereocenters. The number of pyridine rings is 1. The van der Waals surface area contributed by atoms with E-state index in [0.29, 0.717) is 22.2 Å². The number of anilines is 2. The highest BCUT2D eigenvalue weighted by molar-refractivity contribution is 7.14. The molecule has 0 aliphatic carbocycles. The minimum atomic E-state index is -0.227. The fourth-order valence-electron chi connectivity index (χ4n) is 2.10. The van der Waals surface area contributed by atoms with Crippen LogP contribution in [0.3, 0.4) is 0 Å². The number of nitrogens with one attached hydrogen (secondary N) is 2. The maximum atomic E-state index is 12.1. The molecule has 0 aliphatic heterocycles. The number of thiazole rings is 1. The van der Waals surface area contributed by atoms with Crippen molar-refractivity contribution in [3.8, 4) is 0 Å². The first-order valence-electron chi connectivity index (χ1n) is 7.63. The highest BCUT2D eigenvalue weighted by Gasteiger charge is 2.11. The smallest absolute Gasteiger partial charge is 0.257 e. The first-order chi connectivity index (χ1) is 12.1. The van der Waals surface area contributed by atoms with Crippen molar-refractivity contribution in [3.63, 3.8) is 0 Å². The number of hydrogen-bond acceptors (Lipinski definition) is 5. The summed E-state index contributed by atoms with van der Waals surface area (Å²) in [6.07, 6.45) is 1.81. The predicted octanol–water partition coefficient (Wildman–Crippen LogP) is 3.28. The molecule has 0 saturated heterocycles. The molecule has 2 N–H and O–H groups in total. The van der Waals surface area contributed by atoms with Gasteiger partial charge in [0.1, 0.15) is 5.82 Å². The molecule has 2 amide bonds. The molecular formula is C18H16N4O2S. The molecule has 2 heterocycles. The van der Waals surface area contributed by atoms with E-state index in [4.69, 9.17) is 0 Å². The Labute approximate surface area is 149 Å². The van der Waals surface area contributed by atoms with Gasteiger partial charge >= 0.3 is 0 Å². The SMILES string of the molecule is Cc1ccc(NC(=O)Cc2csc(NC(=O)c3ccccc3)n2)nc1. The Kier molecular flexibility index (Phi) is 5.15. The fraction of sp³-hybridized carbons (Fsp3) is 0.111. The van der Waals surface area contributed by atoms with Gasteiger partial charge in [-0.05, 0) is 30.7 Å². The van der Waals surface area contributed by atoms with E-state index in [-0.39, 0.29) is 18.2 Å². The van der Waals surface area contributed by atoms with Gasteiger partial charge in [-0.15, -0.1) is 11.3 Å². The third-order valence-electron chi connectivity index (χ3n) is 3.33. The lowest BCUT2D eigenvalue weighted by atomic mass is 10.2. The lowest BCUT2D eigenvalue weighted by Crippen LogP contribution is -2.16. The Morgan fingerprint density at radius 1 is 1.08 bits per heavy atom. The zero-order valence-electron chi connectivity index (χ0n) is 13.5. The van der Waals surface area contributed by atoms with Crippen molar-refractivity contribution in [2.75, 3.05) is 10.6 Å². The number of aryl methyl sites for hydroxylation is 1. The highest BCUT2D eigenvalue weighted by Crippen LogP contribution is 2.17. The second kappa shape index (κ2) is 7.67. The van der Waals surface area contributed by atoms with E-state index in [1.807, 2.05) is 19.1 Å². The van der Waals surface area contributed by atoms with Crippen LogP contribution in [0.5, 0.6) is 0 Å². The van der Waals surface area contributed by atoms with Crippen molar-refractivity contribution in [2.24, 2.45) is 0 Å². The molecule has 3 rings (SSSR count). The van der Waals surface area contributed by atoms with Crippen LogP contribution in [0.25, 0.3) is 0 Å². The van der Waals surface area contributed by atoms with Crippen molar-refractivity contribution < 1.29 is 9.59 Å². The van der Waals surface area contributed by atoms with Crippen LogP contribution in [-0.2, 0) is 11.2 Å². The maximum Gasteiger partial charge on any atom is 0.257 e. The standard InChI is InChI=1S/C18H16N4O2S/c1-12-7-8-15(19-10-12)21-16(23)9-14-11-25-18(20-14)22-17(24)13-5-3-2-4-6-13/h2-8,10-11H,9H2,1H3,(H,19,21,23)(H,20,22,24). The van der Waals surface area contributed by atoms with E-state index in [1.165, 1.54) is 11.3 Å². The molecule has 0 atom stereocenters. The largest absolute Gasteiger partial charge is 0.310 e. The molecule has 3 aromatic rings. The number of benzene rings is 1. The molecule has 0 aliphatic rings. The Bertz CT molecular complexity index is 876. The van der Waals surface area contributed by atoms with E-state index in [2.05, 4.69) is 20.6 Å². The van der Waals surface area contributed by atoms with Crippen molar-refractivity contribution in [2.45, 2.75) is 13.3 Å². The number of hydrogen-bond donors (Lipinski definition) is 2. The number of carbonyl (C=O) groups is 2. The Balaban J connectivity index is 1.57. The minimum Gasteiger partial charge on any atom is -0.310 e. The lowest BCUT2D eigenvalue weighted by Gasteiger charge is -2.03. The van der Waals surface area contributed by atoms with Gasteiger partial charge in [0.25, 0.3) is 5.91 Å². The predicted molar refractivity (Wildman–Crippen MR) is 97.8 cm³/mol. The average Bonchev–Trinajstić information content (AvgIpc) is 3.04. The van der Waals surface area contributed by atoms with Gasteiger partial charge in [-0.25, -0.2) is 9.97 Å². The van der Waals surface area contributed by atoms with Crippen LogP contribution < -0.4 is 10.6 Å². The monoisotopic (exact) mass is 352 g/mol. The van der Waals surface area contributed by atoms with Crippen molar-refractivity contribution >= 4 is 34.1 Å². The van der Waals surface area contributed by atoms with Gasteiger partial charge in [0.05, 0.1) is 12.1 Å². The van der Waals surface area contributed by atoms with E-state index in [0.717, 1.165) is 5.56 Å². The van der Waals surface area contributed by atoms with Crippen molar-refractivity contribution in [3.05, 3.63) is 70.9 Å². The van der Waals surface area contributed by atoms with Gasteiger partial charge in [-0.2, -0.15) is 0 Å². The zero-order valence-corrected chi connectivity index (χ0v) is 14.3. The van der Waals surface area contributed by atoms with E-state index >= 15 is 0 Å². The maximum absolute atomic E-state index is 12.1. The van der Waals surface area contributed by atoms with Gasteiger partial charge in [-0.1, -0.05) is 24.3 Å². The molecule has 0 spiro atoms. The molecular weight excluding hydrogens is 336 g/mol. The van der Waals surface area contributed by atoms with Gasteiger partial charge in [0.15, 0.2) is 5.13 Å². The van der Waals surface area contributed by atoms with Crippen LogP contribution in [0.4, 0.5) is 10.9 Å². The fourth-order valence-corrected chi connectivity index (χ4v) is 2.80. The number of carbonyl (C=O) groups excluding carboxylic acids is 2. The van der Waals surface area contributed by atoms with Gasteiger partial charge < -0.3 is 5.32 Å². The summed E-state index contributed by atoms with van der Waals surface area (Å²) in [5.41, 5.74) is 2.18. The molecule has 7 heteroatoms. The molecule has 126 valence electrons. The summed E-state index contributed by atoms with van der Waals surface area (Å²) in [4.78, 5) is 32.5. The van der Waals surface area contributed by atoms with Gasteiger partial charge in [0, 0.05) is 17.1 Å². The number of rotatable bonds is 5. The number of amides is 2. The van der Waals surface area contributed by atoms with Gasteiger partial charge in [0.2, 0.25) is 5.91 Å². The summed E-state index contributed by atoms with van der Waals surface area (Å²) >= 11 is 1.28. The summed E-state index contributed by atoms with van der Waals surface area (Å²) in [5.74, 6) is 0.0702. The Morgan fingerprint density at radius 3 is 2.60 bits per heavy atom. The van der Waals surface area contributed by atoms with E-state index < -0.39 is 0 Å². The van der Waals surface area contributed by atoms with E-state index in [9.17, 15) is 9.59 Å². The topological polar surface area (TPSA) is 84.0 Å². The second-order valence-corrected chi connectivity index (χ2v) is 6.27. The summed E-state index contributed by atoms with van der Waals surface area (Å²) in [7, 11) is 0. The molecule has 0 fully saturated rings. The summed E-state index contributed by atoms with van der Waals surface area (Å²) in [6.45, 7) is 1.93. The van der Waals surface area contributed by atoms with Crippen molar-refractivity contribution in [1.82, 2.24) is 9.97 Å². The van der Waals surface area contributed by atoms with Crippen LogP contribution in [0.2, 0.25) is 0 Å². The third kappa shape index (κ3) is 4.71. The number of aromatic nitrogens is 2. The van der Waals surface area contributed by atoms with Gasteiger partial charge in [-0.3, -0.25) is 14.9 Å². The first kappa shape index (κ1) is 16.8. The molecule has 6 nitrogen and oxygen atoms in total. The van der Waals surface area contributed by atoms with E-state index in [1.54, 1.807) is 41.9 Å². The molecule has 2 aromatic heterocycles. The molecule has 0 bridgehead atoms. The van der Waals surface area contributed by atoms with Crippen LogP contribution in [-0.4, -0.2) is 21.8 Å². The second-order valence-electron chi connectivity index (χ2n) is 5.41. The summed E-state index contributed by atoms with van der Waals surface area (Å²) < 4.78 is 0. The molecule has 25 heavy (non-hydrogen) atoms. The van der Waals surface area contributed by atoms with Crippen LogP contribution in [0.15, 0.2) is 54.0 Å². The summed E-state index contributed by atoms with van der Waals surface area (Å²) in [5, 5.41) is 7.67. The zero-order chi connectivity index (χ0) is 17.6. The quantitative estimate of drug-likeness (QED) is 0.738. The van der Waals surface area contributed by atoms with Crippen LogP contribution in [0, 0.1) is 6.92 Å². The Morgan fingerprint density at radius 2 is 1.88 bits per heavy atom. The van der Waals surface area contributed by atoms with Crippen LogP contribution >= 0.6 is 11.3 Å². The lowest BCUT2D eigenvalue weighted by molar-refractivity contribution is -0.115. The molecule has 0 radical (unpaired) electrons.